The number of halogens is 1. The number of nitrogens with zero attached hydrogens (tertiary/aromatic N) is 5. The number of aromatic nitrogens is 4. The largest absolute Gasteiger partial charge is 0.325 e. The third kappa shape index (κ3) is 2.12. The molecule has 0 radical (unpaired) electrons. The molecule has 1 aromatic carbocycles. The minimum atomic E-state index is 0.0584. The molecule has 4 rings (SSSR count). The summed E-state index contributed by atoms with van der Waals surface area (Å²) in [6.45, 7) is 1.62. The lowest BCUT2D eigenvalue weighted by Crippen LogP contribution is -2.31. The Kier molecular flexibility index (Phi) is 3.19. The van der Waals surface area contributed by atoms with Crippen LogP contribution in [0.4, 0.5) is 5.69 Å². The van der Waals surface area contributed by atoms with Crippen molar-refractivity contribution in [3.05, 3.63) is 37.8 Å². The van der Waals surface area contributed by atoms with Gasteiger partial charge in [-0.15, -0.1) is 0 Å². The Balaban J connectivity index is 1.90. The summed E-state index contributed by atoms with van der Waals surface area (Å²) in [6, 6.07) is 5.76. The van der Waals surface area contributed by atoms with Crippen molar-refractivity contribution in [1.82, 2.24) is 19.1 Å². The molecule has 0 bridgehead atoms. The number of hydrogen-bond donors (Lipinski definition) is 0. The second-order valence-corrected chi connectivity index (χ2v) is 6.61. The van der Waals surface area contributed by atoms with E-state index in [0.29, 0.717) is 5.15 Å². The zero-order valence-corrected chi connectivity index (χ0v) is 13.6. The first-order valence-electron chi connectivity index (χ1n) is 7.11. The fraction of sp³-hybridized carbons (Fsp3) is 0.357. The van der Waals surface area contributed by atoms with Crippen molar-refractivity contribution in [3.8, 4) is 0 Å². The maximum Gasteiger partial charge on any atom is 0.325 e. The molecule has 2 aromatic heterocycles. The van der Waals surface area contributed by atoms with E-state index in [1.54, 1.807) is 9.36 Å². The lowest BCUT2D eigenvalue weighted by Gasteiger charge is -2.15. The molecular weight excluding hydrogens is 322 g/mol. The first-order valence-corrected chi connectivity index (χ1v) is 8.31. The van der Waals surface area contributed by atoms with Crippen molar-refractivity contribution in [3.63, 3.8) is 0 Å². The van der Waals surface area contributed by atoms with Gasteiger partial charge in [-0.1, -0.05) is 11.6 Å². The van der Waals surface area contributed by atoms with E-state index < -0.39 is 0 Å². The smallest absolute Gasteiger partial charge is 0.266 e. The summed E-state index contributed by atoms with van der Waals surface area (Å²) in [6.07, 6.45) is 2.13. The summed E-state index contributed by atoms with van der Waals surface area (Å²) in [4.78, 5) is 17.5. The quantitative estimate of drug-likeness (QED) is 0.685. The Morgan fingerprint density at radius 2 is 2.05 bits per heavy atom. The van der Waals surface area contributed by atoms with Gasteiger partial charge in [0.2, 0.25) is 4.80 Å². The average Bonchev–Trinajstić information content (AvgIpc) is 2.98. The molecule has 8 heteroatoms. The summed E-state index contributed by atoms with van der Waals surface area (Å²) in [5, 5.41) is 5.59. The van der Waals surface area contributed by atoms with Crippen molar-refractivity contribution in [2.24, 2.45) is 12.0 Å². The lowest BCUT2D eigenvalue weighted by atomic mass is 10.2. The molecule has 6 nitrogen and oxygen atoms in total. The molecule has 0 amide bonds. The van der Waals surface area contributed by atoms with Crippen LogP contribution in [0, 0.1) is 0 Å². The zero-order chi connectivity index (χ0) is 15.3. The van der Waals surface area contributed by atoms with Crippen LogP contribution in [0.2, 0.25) is 5.15 Å². The van der Waals surface area contributed by atoms with Crippen LogP contribution >= 0.6 is 22.9 Å². The Morgan fingerprint density at radius 1 is 1.27 bits per heavy atom. The molecule has 0 aliphatic carbocycles. The van der Waals surface area contributed by atoms with Crippen molar-refractivity contribution < 1.29 is 0 Å². The van der Waals surface area contributed by atoms with Gasteiger partial charge in [0.05, 0.1) is 11.2 Å². The van der Waals surface area contributed by atoms with Gasteiger partial charge in [0.15, 0.2) is 5.15 Å². The molecule has 0 saturated carbocycles. The molecule has 1 aliphatic heterocycles. The third-order valence-corrected chi connectivity index (χ3v) is 5.06. The van der Waals surface area contributed by atoms with Crippen LogP contribution in [0.5, 0.6) is 0 Å². The van der Waals surface area contributed by atoms with Crippen LogP contribution in [0.25, 0.3) is 10.9 Å². The maximum atomic E-state index is 12.0. The lowest BCUT2D eigenvalue weighted by molar-refractivity contribution is 0.345. The molecule has 3 heterocycles. The summed E-state index contributed by atoms with van der Waals surface area (Å²) in [7, 11) is 1.85. The Bertz CT molecular complexity index is 993. The van der Waals surface area contributed by atoms with E-state index >= 15 is 0 Å². The van der Waals surface area contributed by atoms with E-state index in [1.807, 2.05) is 29.9 Å². The SMILES string of the molecule is Cn1nc(Cl)c2ccc(N=c3sc(=O)n4n3CCCC4)cc21. The third-order valence-electron chi connectivity index (χ3n) is 3.91. The highest BCUT2D eigenvalue weighted by molar-refractivity contribution is 7.06. The molecular formula is C14H14ClN5OS. The van der Waals surface area contributed by atoms with Gasteiger partial charge in [-0.3, -0.25) is 14.2 Å². The summed E-state index contributed by atoms with van der Waals surface area (Å²) >= 11 is 7.27. The number of hydrogen-bond acceptors (Lipinski definition) is 4. The fourth-order valence-corrected chi connectivity index (χ4v) is 3.97. The van der Waals surface area contributed by atoms with E-state index in [0.717, 1.165) is 47.3 Å². The molecule has 0 unspecified atom stereocenters. The molecule has 22 heavy (non-hydrogen) atoms. The van der Waals surface area contributed by atoms with Gasteiger partial charge in [0.1, 0.15) is 0 Å². The molecule has 114 valence electrons. The minimum Gasteiger partial charge on any atom is -0.266 e. The predicted octanol–water partition coefficient (Wildman–Crippen LogP) is 2.28. The molecule has 3 aromatic rings. The van der Waals surface area contributed by atoms with Crippen molar-refractivity contribution in [2.75, 3.05) is 0 Å². The Hall–Kier alpha value is -1.86. The van der Waals surface area contributed by atoms with E-state index in [9.17, 15) is 4.79 Å². The van der Waals surface area contributed by atoms with Gasteiger partial charge in [0.25, 0.3) is 0 Å². The highest BCUT2D eigenvalue weighted by atomic mass is 35.5. The van der Waals surface area contributed by atoms with Crippen molar-refractivity contribution in [1.29, 1.82) is 0 Å². The topological polar surface area (TPSA) is 57.1 Å². The second kappa shape index (κ2) is 5.10. The van der Waals surface area contributed by atoms with Crippen LogP contribution < -0.4 is 9.67 Å². The fourth-order valence-electron chi connectivity index (χ4n) is 2.80. The standard InChI is InChI=1S/C14H14ClN5OS/c1-18-11-8-9(4-5-10(11)12(15)17-18)16-13-19-6-2-3-7-20(19)14(21)22-13/h4-5,8H,2-3,6-7H2,1H3. The van der Waals surface area contributed by atoms with Gasteiger partial charge in [-0.2, -0.15) is 5.10 Å². The minimum absolute atomic E-state index is 0.0584. The summed E-state index contributed by atoms with van der Waals surface area (Å²) in [5.41, 5.74) is 1.73. The van der Waals surface area contributed by atoms with Crippen LogP contribution in [-0.4, -0.2) is 19.1 Å². The van der Waals surface area contributed by atoms with Gasteiger partial charge >= 0.3 is 4.87 Å². The zero-order valence-electron chi connectivity index (χ0n) is 12.0. The molecule has 0 N–H and O–H groups in total. The van der Waals surface area contributed by atoms with Crippen LogP contribution in [-0.2, 0) is 20.1 Å². The highest BCUT2D eigenvalue weighted by Crippen LogP contribution is 2.26. The predicted molar refractivity (Wildman–Crippen MR) is 86.8 cm³/mol. The van der Waals surface area contributed by atoms with E-state index in [-0.39, 0.29) is 4.87 Å². The number of benzene rings is 1. The summed E-state index contributed by atoms with van der Waals surface area (Å²) in [5.74, 6) is 0. The van der Waals surface area contributed by atoms with Gasteiger partial charge in [-0.25, -0.2) is 9.67 Å². The molecule has 0 saturated heterocycles. The van der Waals surface area contributed by atoms with Crippen molar-refractivity contribution >= 4 is 39.5 Å². The molecule has 0 atom stereocenters. The van der Waals surface area contributed by atoms with Gasteiger partial charge < -0.3 is 0 Å². The number of rotatable bonds is 1. The molecule has 0 fully saturated rings. The first kappa shape index (κ1) is 13.8. The number of aryl methyl sites for hydroxylation is 1. The van der Waals surface area contributed by atoms with E-state index in [2.05, 4.69) is 10.1 Å². The summed E-state index contributed by atoms with van der Waals surface area (Å²) < 4.78 is 5.50. The molecule has 1 aliphatic rings. The first-order chi connectivity index (χ1) is 10.6. The second-order valence-electron chi connectivity index (χ2n) is 5.33. The van der Waals surface area contributed by atoms with Gasteiger partial charge in [-0.05, 0) is 42.4 Å². The van der Waals surface area contributed by atoms with Crippen LogP contribution in [0.1, 0.15) is 12.8 Å². The highest BCUT2D eigenvalue weighted by Gasteiger charge is 2.13. The number of fused-ring (bicyclic) bond motifs is 2. The van der Waals surface area contributed by atoms with Crippen LogP contribution in [0.3, 0.4) is 0 Å². The Labute approximate surface area is 134 Å². The normalized spacial score (nSPS) is 15.5. The maximum absolute atomic E-state index is 12.0. The van der Waals surface area contributed by atoms with Crippen LogP contribution in [0.15, 0.2) is 28.0 Å². The van der Waals surface area contributed by atoms with Gasteiger partial charge in [0, 0.05) is 25.5 Å². The van der Waals surface area contributed by atoms with Crippen molar-refractivity contribution in [2.45, 2.75) is 25.9 Å². The van der Waals surface area contributed by atoms with E-state index in [1.165, 1.54) is 11.3 Å². The molecule has 0 spiro atoms. The van der Waals surface area contributed by atoms with E-state index in [4.69, 9.17) is 11.6 Å². The Morgan fingerprint density at radius 3 is 2.86 bits per heavy atom. The monoisotopic (exact) mass is 335 g/mol. The average molecular weight is 336 g/mol.